The highest BCUT2D eigenvalue weighted by molar-refractivity contribution is 9.10. The monoisotopic (exact) mass is 329 g/mol. The van der Waals surface area contributed by atoms with E-state index in [9.17, 15) is 4.79 Å². The Balaban J connectivity index is 2.14. The van der Waals surface area contributed by atoms with Crippen LogP contribution in [0.3, 0.4) is 0 Å². The van der Waals surface area contributed by atoms with E-state index < -0.39 is 0 Å². The van der Waals surface area contributed by atoms with E-state index in [1.165, 1.54) is 22.3 Å². The van der Waals surface area contributed by atoms with Crippen molar-refractivity contribution in [1.29, 1.82) is 0 Å². The van der Waals surface area contributed by atoms with Gasteiger partial charge in [0.15, 0.2) is 0 Å². The minimum atomic E-state index is 0.0886. The summed E-state index contributed by atoms with van der Waals surface area (Å²) in [5.41, 5.74) is 5.82. The summed E-state index contributed by atoms with van der Waals surface area (Å²) < 4.78 is 1.05. The van der Waals surface area contributed by atoms with Gasteiger partial charge in [0, 0.05) is 22.5 Å². The van der Waals surface area contributed by atoms with E-state index in [4.69, 9.17) is 0 Å². The smallest absolute Gasteiger partial charge is 0.225 e. The van der Waals surface area contributed by atoms with Crippen LogP contribution in [0, 0.1) is 13.8 Å². The average Bonchev–Trinajstić information content (AvgIpc) is 2.40. The number of benzene rings is 2. The zero-order chi connectivity index (χ0) is 14.3. The summed E-state index contributed by atoms with van der Waals surface area (Å²) >= 11 is 3.51. The number of anilines is 1. The summed E-state index contributed by atoms with van der Waals surface area (Å²) in [5.74, 6) is 0.223. The molecule has 0 fully saturated rings. The molecule has 0 bridgehead atoms. The molecule has 1 atom stereocenters. The van der Waals surface area contributed by atoms with Crippen molar-refractivity contribution in [3.05, 3.63) is 63.1 Å². The SMILES string of the molecule is Cc1cc2c(cc1C)C(c1cccc(Br)c1)CC(=O)N2. The fourth-order valence-corrected chi connectivity index (χ4v) is 3.17. The molecule has 1 amide bonds. The van der Waals surface area contributed by atoms with Crippen molar-refractivity contribution < 1.29 is 4.79 Å². The van der Waals surface area contributed by atoms with Crippen LogP contribution in [0.4, 0.5) is 5.69 Å². The van der Waals surface area contributed by atoms with Gasteiger partial charge in [-0.3, -0.25) is 4.79 Å². The Bertz CT molecular complexity index is 693. The standard InChI is InChI=1S/C17H16BrNO/c1-10-6-15-14(12-4-3-5-13(18)8-12)9-17(20)19-16(15)7-11(10)2/h3-8,14H,9H2,1-2H3,(H,19,20). The number of halogens is 1. The summed E-state index contributed by atoms with van der Waals surface area (Å²) in [4.78, 5) is 12.0. The fourth-order valence-electron chi connectivity index (χ4n) is 2.75. The second-order valence-corrected chi connectivity index (χ2v) is 6.30. The summed E-state index contributed by atoms with van der Waals surface area (Å²) in [7, 11) is 0. The van der Waals surface area contributed by atoms with E-state index in [2.05, 4.69) is 59.4 Å². The Morgan fingerprint density at radius 3 is 2.65 bits per heavy atom. The van der Waals surface area contributed by atoms with E-state index in [-0.39, 0.29) is 11.8 Å². The van der Waals surface area contributed by atoms with Crippen molar-refractivity contribution in [3.63, 3.8) is 0 Å². The van der Waals surface area contributed by atoms with E-state index >= 15 is 0 Å². The van der Waals surface area contributed by atoms with E-state index in [0.717, 1.165) is 10.2 Å². The van der Waals surface area contributed by atoms with Gasteiger partial charge in [-0.15, -0.1) is 0 Å². The Hall–Kier alpha value is -1.61. The second-order valence-electron chi connectivity index (χ2n) is 5.38. The maximum Gasteiger partial charge on any atom is 0.225 e. The second kappa shape index (κ2) is 5.06. The van der Waals surface area contributed by atoms with Crippen LogP contribution >= 0.6 is 15.9 Å². The lowest BCUT2D eigenvalue weighted by molar-refractivity contribution is -0.116. The van der Waals surface area contributed by atoms with Gasteiger partial charge in [-0.2, -0.15) is 0 Å². The Morgan fingerprint density at radius 2 is 1.90 bits per heavy atom. The molecule has 0 radical (unpaired) electrons. The molecule has 1 N–H and O–H groups in total. The highest BCUT2D eigenvalue weighted by Gasteiger charge is 2.27. The van der Waals surface area contributed by atoms with Gasteiger partial charge < -0.3 is 5.32 Å². The summed E-state index contributed by atoms with van der Waals surface area (Å²) in [6.07, 6.45) is 0.506. The summed E-state index contributed by atoms with van der Waals surface area (Å²) in [6.45, 7) is 4.19. The molecule has 2 nitrogen and oxygen atoms in total. The molecule has 20 heavy (non-hydrogen) atoms. The van der Waals surface area contributed by atoms with Gasteiger partial charge in [0.1, 0.15) is 0 Å². The van der Waals surface area contributed by atoms with Crippen LogP contribution in [0.15, 0.2) is 40.9 Å². The molecule has 0 saturated carbocycles. The molecule has 0 saturated heterocycles. The first-order chi connectivity index (χ1) is 9.54. The molecule has 0 spiro atoms. The quantitative estimate of drug-likeness (QED) is 0.817. The van der Waals surface area contributed by atoms with Crippen molar-refractivity contribution in [2.24, 2.45) is 0 Å². The third-order valence-corrected chi connectivity index (χ3v) is 4.45. The first-order valence-electron chi connectivity index (χ1n) is 6.71. The number of rotatable bonds is 1. The zero-order valence-electron chi connectivity index (χ0n) is 11.5. The minimum absolute atomic E-state index is 0.0886. The predicted molar refractivity (Wildman–Crippen MR) is 85.1 cm³/mol. The number of amides is 1. The molecule has 0 aromatic heterocycles. The van der Waals surface area contributed by atoms with Crippen LogP contribution in [0.25, 0.3) is 0 Å². The van der Waals surface area contributed by atoms with E-state index in [0.29, 0.717) is 6.42 Å². The number of hydrogen-bond acceptors (Lipinski definition) is 1. The molecular weight excluding hydrogens is 314 g/mol. The number of fused-ring (bicyclic) bond motifs is 1. The van der Waals surface area contributed by atoms with Gasteiger partial charge >= 0.3 is 0 Å². The topological polar surface area (TPSA) is 29.1 Å². The van der Waals surface area contributed by atoms with Crippen LogP contribution in [0.5, 0.6) is 0 Å². The highest BCUT2D eigenvalue weighted by Crippen LogP contribution is 2.38. The van der Waals surface area contributed by atoms with Crippen LogP contribution in [0.2, 0.25) is 0 Å². The average molecular weight is 330 g/mol. The van der Waals surface area contributed by atoms with E-state index in [1.807, 2.05) is 12.1 Å². The van der Waals surface area contributed by atoms with Crippen LogP contribution in [0.1, 0.15) is 34.6 Å². The molecule has 2 aromatic carbocycles. The third kappa shape index (κ3) is 2.38. The number of nitrogens with one attached hydrogen (secondary N) is 1. The normalized spacial score (nSPS) is 17.6. The van der Waals surface area contributed by atoms with Crippen molar-refractivity contribution in [2.45, 2.75) is 26.2 Å². The Kier molecular flexibility index (Phi) is 3.38. The fraction of sp³-hybridized carbons (Fsp3) is 0.235. The summed E-state index contributed by atoms with van der Waals surface area (Å²) in [5, 5.41) is 2.99. The van der Waals surface area contributed by atoms with Gasteiger partial charge in [-0.1, -0.05) is 34.1 Å². The number of aryl methyl sites for hydroxylation is 2. The van der Waals surface area contributed by atoms with Crippen LogP contribution in [-0.2, 0) is 4.79 Å². The number of carbonyl (C=O) groups excluding carboxylic acids is 1. The number of carbonyl (C=O) groups is 1. The molecule has 0 aliphatic carbocycles. The summed E-state index contributed by atoms with van der Waals surface area (Å²) in [6, 6.07) is 12.5. The van der Waals surface area contributed by atoms with Gasteiger partial charge in [-0.05, 0) is 54.3 Å². The zero-order valence-corrected chi connectivity index (χ0v) is 13.1. The van der Waals surface area contributed by atoms with Crippen LogP contribution < -0.4 is 5.32 Å². The maximum absolute atomic E-state index is 12.0. The minimum Gasteiger partial charge on any atom is -0.326 e. The Morgan fingerprint density at radius 1 is 1.15 bits per heavy atom. The lowest BCUT2D eigenvalue weighted by atomic mass is 9.83. The molecule has 1 unspecified atom stereocenters. The van der Waals surface area contributed by atoms with Gasteiger partial charge in [-0.25, -0.2) is 0 Å². The Labute approximate surface area is 127 Å². The molecule has 1 heterocycles. The molecule has 3 rings (SSSR count). The molecule has 2 aromatic rings. The van der Waals surface area contributed by atoms with Gasteiger partial charge in [0.25, 0.3) is 0 Å². The van der Waals surface area contributed by atoms with Crippen molar-refractivity contribution in [3.8, 4) is 0 Å². The van der Waals surface area contributed by atoms with Crippen LogP contribution in [-0.4, -0.2) is 5.91 Å². The lowest BCUT2D eigenvalue weighted by Crippen LogP contribution is -2.23. The molecule has 3 heteroatoms. The first kappa shape index (κ1) is 13.4. The van der Waals surface area contributed by atoms with E-state index in [1.54, 1.807) is 0 Å². The molecule has 102 valence electrons. The third-order valence-electron chi connectivity index (χ3n) is 3.96. The predicted octanol–water partition coefficient (Wildman–Crippen LogP) is 4.54. The molecular formula is C17H16BrNO. The molecule has 1 aliphatic rings. The van der Waals surface area contributed by atoms with Crippen molar-refractivity contribution >= 4 is 27.5 Å². The highest BCUT2D eigenvalue weighted by atomic mass is 79.9. The van der Waals surface area contributed by atoms with Gasteiger partial charge in [0.2, 0.25) is 5.91 Å². The maximum atomic E-state index is 12.0. The first-order valence-corrected chi connectivity index (χ1v) is 7.50. The van der Waals surface area contributed by atoms with Crippen molar-refractivity contribution in [1.82, 2.24) is 0 Å². The largest absolute Gasteiger partial charge is 0.326 e. The lowest BCUT2D eigenvalue weighted by Gasteiger charge is -2.27. The number of hydrogen-bond donors (Lipinski definition) is 1. The molecule has 1 aliphatic heterocycles. The van der Waals surface area contributed by atoms with Gasteiger partial charge in [0.05, 0.1) is 0 Å². The van der Waals surface area contributed by atoms with Crippen molar-refractivity contribution in [2.75, 3.05) is 5.32 Å².